The lowest BCUT2D eigenvalue weighted by molar-refractivity contribution is 0.0982. The maximum absolute atomic E-state index is 11.8. The van der Waals surface area contributed by atoms with E-state index in [9.17, 15) is 13.2 Å². The Hall–Kier alpha value is -1.17. The second-order valence-electron chi connectivity index (χ2n) is 4.59. The number of sulfone groups is 1. The maximum Gasteiger partial charge on any atom is 0.166 e. The minimum Gasteiger partial charge on any atom is -0.294 e. The van der Waals surface area contributed by atoms with Crippen LogP contribution >= 0.6 is 0 Å². The quantitative estimate of drug-likeness (QED) is 0.772. The molecule has 0 unspecified atom stereocenters. The average molecular weight is 270 g/mol. The van der Waals surface area contributed by atoms with Crippen molar-refractivity contribution in [2.45, 2.75) is 39.2 Å². The molecule has 100 valence electrons. The minimum atomic E-state index is -2.99. The molecule has 1 aromatic heterocycles. The topological polar surface area (TPSA) is 69.0 Å². The van der Waals surface area contributed by atoms with E-state index >= 15 is 0 Å². The summed E-state index contributed by atoms with van der Waals surface area (Å²) in [6, 6.07) is 0. The van der Waals surface area contributed by atoms with Gasteiger partial charge >= 0.3 is 0 Å². The van der Waals surface area contributed by atoms with E-state index < -0.39 is 9.84 Å². The van der Waals surface area contributed by atoms with Gasteiger partial charge in [0.25, 0.3) is 0 Å². The molecular formula is C12H18N2O3S. The predicted molar refractivity (Wildman–Crippen MR) is 68.4 cm³/mol. The molecule has 0 fully saturated rings. The van der Waals surface area contributed by atoms with Crippen molar-refractivity contribution in [3.05, 3.63) is 17.5 Å². The first-order valence-corrected chi connectivity index (χ1v) is 8.14. The average Bonchev–Trinajstić information content (AvgIpc) is 2.66. The molecule has 1 aliphatic carbocycles. The third kappa shape index (κ3) is 2.80. The maximum atomic E-state index is 11.8. The van der Waals surface area contributed by atoms with E-state index in [2.05, 4.69) is 5.10 Å². The van der Waals surface area contributed by atoms with Gasteiger partial charge in [0.2, 0.25) is 0 Å². The van der Waals surface area contributed by atoms with Gasteiger partial charge < -0.3 is 0 Å². The van der Waals surface area contributed by atoms with Crippen LogP contribution in [-0.4, -0.2) is 35.5 Å². The van der Waals surface area contributed by atoms with E-state index in [4.69, 9.17) is 0 Å². The third-order valence-electron chi connectivity index (χ3n) is 3.37. The monoisotopic (exact) mass is 270 g/mol. The molecule has 1 heterocycles. The summed E-state index contributed by atoms with van der Waals surface area (Å²) in [6.07, 6.45) is 4.84. The summed E-state index contributed by atoms with van der Waals surface area (Å²) in [5.74, 6) is 0.369. The van der Waals surface area contributed by atoms with Gasteiger partial charge in [-0.05, 0) is 19.3 Å². The van der Waals surface area contributed by atoms with Crippen molar-refractivity contribution in [2.24, 2.45) is 0 Å². The number of carbonyl (C=O) groups excluding carboxylic acids is 1. The van der Waals surface area contributed by atoms with Crippen molar-refractivity contribution in [3.63, 3.8) is 0 Å². The Morgan fingerprint density at radius 2 is 2.06 bits per heavy atom. The van der Waals surface area contributed by atoms with Gasteiger partial charge in [0.15, 0.2) is 15.6 Å². The molecule has 1 aromatic rings. The summed E-state index contributed by atoms with van der Waals surface area (Å²) in [7, 11) is -2.99. The number of aryl methyl sites for hydroxylation is 1. The third-order valence-corrected chi connectivity index (χ3v) is 5.05. The normalized spacial score (nSPS) is 16.4. The summed E-state index contributed by atoms with van der Waals surface area (Å²) >= 11 is 0. The number of ketones is 1. The molecule has 0 aromatic carbocycles. The van der Waals surface area contributed by atoms with Crippen molar-refractivity contribution in [3.8, 4) is 0 Å². The van der Waals surface area contributed by atoms with Crippen LogP contribution in [0.15, 0.2) is 6.20 Å². The Morgan fingerprint density at radius 1 is 1.33 bits per heavy atom. The lowest BCUT2D eigenvalue weighted by atomic mass is 10.1. The molecular weight excluding hydrogens is 252 g/mol. The fourth-order valence-electron chi connectivity index (χ4n) is 2.18. The van der Waals surface area contributed by atoms with E-state index in [0.717, 1.165) is 25.0 Å². The van der Waals surface area contributed by atoms with Gasteiger partial charge in [-0.15, -0.1) is 0 Å². The van der Waals surface area contributed by atoms with Crippen LogP contribution in [0.5, 0.6) is 0 Å². The van der Waals surface area contributed by atoms with Gasteiger partial charge in [-0.25, -0.2) is 8.42 Å². The van der Waals surface area contributed by atoms with Crippen LogP contribution in [-0.2, 0) is 22.8 Å². The van der Waals surface area contributed by atoms with E-state index in [1.807, 2.05) is 0 Å². The SMILES string of the molecule is CCS(=O)(=O)CCn1ncc2c1CCCCC2=O. The molecule has 0 radical (unpaired) electrons. The highest BCUT2D eigenvalue weighted by Crippen LogP contribution is 2.20. The Morgan fingerprint density at radius 3 is 2.78 bits per heavy atom. The van der Waals surface area contributed by atoms with Crippen LogP contribution in [0, 0.1) is 0 Å². The van der Waals surface area contributed by atoms with Crippen molar-refractivity contribution >= 4 is 15.6 Å². The lowest BCUT2D eigenvalue weighted by Gasteiger charge is -2.07. The van der Waals surface area contributed by atoms with Crippen molar-refractivity contribution in [1.29, 1.82) is 0 Å². The molecule has 0 aliphatic heterocycles. The van der Waals surface area contributed by atoms with Crippen LogP contribution in [0.3, 0.4) is 0 Å². The highest BCUT2D eigenvalue weighted by Gasteiger charge is 2.20. The molecule has 0 saturated heterocycles. The second kappa shape index (κ2) is 5.22. The first-order valence-electron chi connectivity index (χ1n) is 6.32. The highest BCUT2D eigenvalue weighted by molar-refractivity contribution is 7.91. The van der Waals surface area contributed by atoms with E-state index in [1.165, 1.54) is 0 Å². The van der Waals surface area contributed by atoms with Gasteiger partial charge in [-0.3, -0.25) is 9.48 Å². The molecule has 6 heteroatoms. The molecule has 0 atom stereocenters. The second-order valence-corrected chi connectivity index (χ2v) is 7.07. The summed E-state index contributed by atoms with van der Waals surface area (Å²) in [6.45, 7) is 1.99. The smallest absolute Gasteiger partial charge is 0.166 e. The number of hydrogen-bond acceptors (Lipinski definition) is 4. The molecule has 0 spiro atoms. The molecule has 0 N–H and O–H groups in total. The number of carbonyl (C=O) groups is 1. The van der Waals surface area contributed by atoms with Crippen molar-refractivity contribution in [1.82, 2.24) is 9.78 Å². The molecule has 0 bridgehead atoms. The Labute approximate surface area is 107 Å². The van der Waals surface area contributed by atoms with E-state index in [1.54, 1.807) is 17.8 Å². The Balaban J connectivity index is 2.18. The van der Waals surface area contributed by atoms with Crippen molar-refractivity contribution in [2.75, 3.05) is 11.5 Å². The molecule has 2 rings (SSSR count). The van der Waals surface area contributed by atoms with Crippen LogP contribution in [0.4, 0.5) is 0 Å². The molecule has 0 amide bonds. The minimum absolute atomic E-state index is 0.0891. The number of aromatic nitrogens is 2. The zero-order chi connectivity index (χ0) is 13.2. The number of nitrogens with zero attached hydrogens (tertiary/aromatic N) is 2. The summed E-state index contributed by atoms with van der Waals surface area (Å²) in [5.41, 5.74) is 1.59. The predicted octanol–water partition coefficient (Wildman–Crippen LogP) is 1.23. The first-order chi connectivity index (χ1) is 8.53. The van der Waals surface area contributed by atoms with Gasteiger partial charge in [0, 0.05) is 17.9 Å². The Bertz CT molecular complexity index is 546. The van der Waals surface area contributed by atoms with Crippen LogP contribution in [0.25, 0.3) is 0 Å². The van der Waals surface area contributed by atoms with Gasteiger partial charge in [0.1, 0.15) is 0 Å². The first kappa shape index (κ1) is 13.3. The Kier molecular flexibility index (Phi) is 3.85. The van der Waals surface area contributed by atoms with Gasteiger partial charge in [-0.1, -0.05) is 6.92 Å². The molecule has 18 heavy (non-hydrogen) atoms. The summed E-state index contributed by atoms with van der Waals surface area (Å²) in [4.78, 5) is 11.8. The van der Waals surface area contributed by atoms with Crippen LogP contribution in [0.2, 0.25) is 0 Å². The lowest BCUT2D eigenvalue weighted by Crippen LogP contribution is -2.17. The fraction of sp³-hybridized carbons (Fsp3) is 0.667. The van der Waals surface area contributed by atoms with Crippen LogP contribution < -0.4 is 0 Å². The van der Waals surface area contributed by atoms with E-state index in [0.29, 0.717) is 18.5 Å². The standard InChI is InChI=1S/C12H18N2O3S/c1-2-18(16,17)8-7-14-11-5-3-4-6-12(15)10(11)9-13-14/h9H,2-8H2,1H3. The molecule has 5 nitrogen and oxygen atoms in total. The molecule has 0 saturated carbocycles. The number of hydrogen-bond donors (Lipinski definition) is 0. The number of rotatable bonds is 4. The summed E-state index contributed by atoms with van der Waals surface area (Å²) < 4.78 is 24.7. The summed E-state index contributed by atoms with van der Waals surface area (Å²) in [5, 5.41) is 4.16. The highest BCUT2D eigenvalue weighted by atomic mass is 32.2. The fourth-order valence-corrected chi connectivity index (χ4v) is 2.92. The number of Topliss-reactive ketones (excluding diaryl/α,β-unsaturated/α-hetero) is 1. The van der Waals surface area contributed by atoms with E-state index in [-0.39, 0.29) is 17.3 Å². The zero-order valence-electron chi connectivity index (χ0n) is 10.6. The van der Waals surface area contributed by atoms with Gasteiger partial charge in [0.05, 0.1) is 24.1 Å². The van der Waals surface area contributed by atoms with Crippen LogP contribution in [0.1, 0.15) is 42.2 Å². The largest absolute Gasteiger partial charge is 0.294 e. The zero-order valence-corrected chi connectivity index (χ0v) is 11.4. The van der Waals surface area contributed by atoms with Gasteiger partial charge in [-0.2, -0.15) is 5.10 Å². The number of fused-ring (bicyclic) bond motifs is 1. The molecule has 1 aliphatic rings. The van der Waals surface area contributed by atoms with Crippen molar-refractivity contribution < 1.29 is 13.2 Å².